The molecule has 1 aromatic heterocycles. The second-order valence-corrected chi connectivity index (χ2v) is 4.63. The number of amides is 1. The van der Waals surface area contributed by atoms with Gasteiger partial charge in [-0.05, 0) is 26.3 Å². The molecule has 1 aliphatic rings. The van der Waals surface area contributed by atoms with Crippen molar-refractivity contribution < 1.29 is 4.79 Å². The van der Waals surface area contributed by atoms with Gasteiger partial charge in [0.1, 0.15) is 0 Å². The van der Waals surface area contributed by atoms with E-state index in [2.05, 4.69) is 15.7 Å². The van der Waals surface area contributed by atoms with Crippen molar-refractivity contribution in [1.82, 2.24) is 20.4 Å². The first-order valence-electron chi connectivity index (χ1n) is 6.17. The molecule has 0 aromatic carbocycles. The molecular formula is C12H20N4O. The first-order valence-corrected chi connectivity index (χ1v) is 6.17. The number of carbonyl (C=O) groups excluding carboxylic acids is 1. The van der Waals surface area contributed by atoms with Crippen LogP contribution in [-0.4, -0.2) is 28.3 Å². The largest absolute Gasteiger partial charge is 0.351 e. The number of aromatic nitrogens is 2. The first-order chi connectivity index (χ1) is 8.16. The SMILES string of the molecule is Cc1nn(C)cc1CNC(=O)C1CCCCN1. The van der Waals surface area contributed by atoms with E-state index in [9.17, 15) is 4.79 Å². The minimum Gasteiger partial charge on any atom is -0.351 e. The van der Waals surface area contributed by atoms with Crippen molar-refractivity contribution in [3.05, 3.63) is 17.5 Å². The van der Waals surface area contributed by atoms with Crippen LogP contribution in [0.1, 0.15) is 30.5 Å². The first kappa shape index (κ1) is 12.1. The van der Waals surface area contributed by atoms with E-state index in [-0.39, 0.29) is 11.9 Å². The minimum absolute atomic E-state index is 0.0132. The summed E-state index contributed by atoms with van der Waals surface area (Å²) >= 11 is 0. The van der Waals surface area contributed by atoms with E-state index in [1.54, 1.807) is 4.68 Å². The maximum absolute atomic E-state index is 11.9. The monoisotopic (exact) mass is 236 g/mol. The van der Waals surface area contributed by atoms with Gasteiger partial charge in [0, 0.05) is 25.4 Å². The number of carbonyl (C=O) groups is 1. The van der Waals surface area contributed by atoms with Gasteiger partial charge in [0.15, 0.2) is 0 Å². The molecule has 0 bridgehead atoms. The predicted octanol–water partition coefficient (Wildman–Crippen LogP) is 0.487. The molecule has 17 heavy (non-hydrogen) atoms. The molecule has 1 fully saturated rings. The van der Waals surface area contributed by atoms with Crippen LogP contribution in [-0.2, 0) is 18.4 Å². The fourth-order valence-electron chi connectivity index (χ4n) is 2.20. The molecule has 1 unspecified atom stereocenters. The van der Waals surface area contributed by atoms with Crippen molar-refractivity contribution in [2.24, 2.45) is 7.05 Å². The molecule has 1 atom stereocenters. The van der Waals surface area contributed by atoms with Crippen molar-refractivity contribution in [3.63, 3.8) is 0 Å². The van der Waals surface area contributed by atoms with Gasteiger partial charge in [-0.2, -0.15) is 5.10 Å². The van der Waals surface area contributed by atoms with E-state index < -0.39 is 0 Å². The summed E-state index contributed by atoms with van der Waals surface area (Å²) in [4.78, 5) is 11.9. The Bertz CT molecular complexity index is 393. The van der Waals surface area contributed by atoms with Crippen LogP contribution in [0.3, 0.4) is 0 Å². The van der Waals surface area contributed by atoms with Gasteiger partial charge in [0.05, 0.1) is 11.7 Å². The second kappa shape index (κ2) is 5.31. The van der Waals surface area contributed by atoms with E-state index in [1.165, 1.54) is 6.42 Å². The summed E-state index contributed by atoms with van der Waals surface area (Å²) in [5.74, 6) is 0.105. The van der Waals surface area contributed by atoms with Crippen molar-refractivity contribution in [3.8, 4) is 0 Å². The molecule has 0 spiro atoms. The fraction of sp³-hybridized carbons (Fsp3) is 0.667. The van der Waals surface area contributed by atoms with Gasteiger partial charge in [0.2, 0.25) is 5.91 Å². The molecular weight excluding hydrogens is 216 g/mol. The van der Waals surface area contributed by atoms with Crippen molar-refractivity contribution >= 4 is 5.91 Å². The van der Waals surface area contributed by atoms with E-state index in [1.807, 2.05) is 20.2 Å². The maximum atomic E-state index is 11.9. The summed E-state index contributed by atoms with van der Waals surface area (Å²) in [5.41, 5.74) is 2.06. The molecule has 0 saturated carbocycles. The molecule has 1 saturated heterocycles. The Labute approximate surface area is 102 Å². The van der Waals surface area contributed by atoms with E-state index in [4.69, 9.17) is 0 Å². The van der Waals surface area contributed by atoms with Gasteiger partial charge in [0.25, 0.3) is 0 Å². The quantitative estimate of drug-likeness (QED) is 0.803. The molecule has 2 N–H and O–H groups in total. The van der Waals surface area contributed by atoms with Crippen LogP contribution in [0.4, 0.5) is 0 Å². The smallest absolute Gasteiger partial charge is 0.237 e. The maximum Gasteiger partial charge on any atom is 0.237 e. The van der Waals surface area contributed by atoms with Gasteiger partial charge in [-0.1, -0.05) is 6.42 Å². The lowest BCUT2D eigenvalue weighted by molar-refractivity contribution is -0.123. The van der Waals surface area contributed by atoms with Crippen LogP contribution >= 0.6 is 0 Å². The molecule has 0 radical (unpaired) electrons. The van der Waals surface area contributed by atoms with Gasteiger partial charge in [-0.15, -0.1) is 0 Å². The summed E-state index contributed by atoms with van der Waals surface area (Å²) < 4.78 is 1.77. The van der Waals surface area contributed by atoms with Crippen molar-refractivity contribution in [2.75, 3.05) is 6.54 Å². The molecule has 5 heteroatoms. The lowest BCUT2D eigenvalue weighted by atomic mass is 10.0. The van der Waals surface area contributed by atoms with Gasteiger partial charge in [-0.25, -0.2) is 0 Å². The lowest BCUT2D eigenvalue weighted by Gasteiger charge is -2.22. The zero-order chi connectivity index (χ0) is 12.3. The van der Waals surface area contributed by atoms with Gasteiger partial charge in [-0.3, -0.25) is 9.48 Å². The summed E-state index contributed by atoms with van der Waals surface area (Å²) in [6.07, 6.45) is 5.20. The van der Waals surface area contributed by atoms with Crippen LogP contribution in [0.15, 0.2) is 6.20 Å². The van der Waals surface area contributed by atoms with E-state index in [0.29, 0.717) is 6.54 Å². The van der Waals surface area contributed by atoms with E-state index >= 15 is 0 Å². The van der Waals surface area contributed by atoms with Crippen LogP contribution in [0.25, 0.3) is 0 Å². The van der Waals surface area contributed by atoms with Crippen LogP contribution in [0.2, 0.25) is 0 Å². The predicted molar refractivity (Wildman–Crippen MR) is 65.4 cm³/mol. The fourth-order valence-corrected chi connectivity index (χ4v) is 2.20. The average Bonchev–Trinajstić information content (AvgIpc) is 2.66. The van der Waals surface area contributed by atoms with Crippen molar-refractivity contribution in [1.29, 1.82) is 0 Å². The van der Waals surface area contributed by atoms with Gasteiger partial charge < -0.3 is 10.6 Å². The highest BCUT2D eigenvalue weighted by molar-refractivity contribution is 5.81. The Morgan fingerprint density at radius 1 is 1.65 bits per heavy atom. The number of hydrogen-bond acceptors (Lipinski definition) is 3. The minimum atomic E-state index is -0.0132. The molecule has 0 aliphatic carbocycles. The highest BCUT2D eigenvalue weighted by Crippen LogP contribution is 2.08. The van der Waals surface area contributed by atoms with E-state index in [0.717, 1.165) is 30.6 Å². The van der Waals surface area contributed by atoms with Crippen LogP contribution in [0.5, 0.6) is 0 Å². The number of nitrogens with zero attached hydrogens (tertiary/aromatic N) is 2. The molecule has 94 valence electrons. The second-order valence-electron chi connectivity index (χ2n) is 4.63. The highest BCUT2D eigenvalue weighted by Gasteiger charge is 2.20. The molecule has 1 aromatic rings. The molecule has 5 nitrogen and oxygen atoms in total. The number of nitrogens with one attached hydrogen (secondary N) is 2. The number of piperidine rings is 1. The molecule has 2 rings (SSSR count). The Balaban J connectivity index is 1.85. The Morgan fingerprint density at radius 2 is 2.47 bits per heavy atom. The zero-order valence-corrected chi connectivity index (χ0v) is 10.5. The summed E-state index contributed by atoms with van der Waals surface area (Å²) in [6.45, 7) is 3.47. The van der Waals surface area contributed by atoms with Gasteiger partial charge >= 0.3 is 0 Å². The summed E-state index contributed by atoms with van der Waals surface area (Å²) in [5, 5.41) is 10.5. The number of aryl methyl sites for hydroxylation is 2. The third kappa shape index (κ3) is 3.06. The normalized spacial score (nSPS) is 20.2. The standard InChI is InChI=1S/C12H20N4O/c1-9-10(8-16(2)15-9)7-14-12(17)11-5-3-4-6-13-11/h8,11,13H,3-7H2,1-2H3,(H,14,17). The third-order valence-electron chi connectivity index (χ3n) is 3.19. The highest BCUT2D eigenvalue weighted by atomic mass is 16.2. The topological polar surface area (TPSA) is 59.0 Å². The Morgan fingerprint density at radius 3 is 3.06 bits per heavy atom. The summed E-state index contributed by atoms with van der Waals surface area (Å²) in [6, 6.07) is -0.0132. The Hall–Kier alpha value is -1.36. The zero-order valence-electron chi connectivity index (χ0n) is 10.5. The number of rotatable bonds is 3. The lowest BCUT2D eigenvalue weighted by Crippen LogP contribution is -2.46. The van der Waals surface area contributed by atoms with Crippen LogP contribution < -0.4 is 10.6 Å². The molecule has 2 heterocycles. The number of hydrogen-bond donors (Lipinski definition) is 2. The summed E-state index contributed by atoms with van der Waals surface area (Å²) in [7, 11) is 1.89. The molecule has 1 aliphatic heterocycles. The van der Waals surface area contributed by atoms with Crippen molar-refractivity contribution in [2.45, 2.75) is 38.8 Å². The molecule has 1 amide bonds. The average molecular weight is 236 g/mol. The third-order valence-corrected chi connectivity index (χ3v) is 3.19. The Kier molecular flexibility index (Phi) is 3.78. The van der Waals surface area contributed by atoms with Crippen LogP contribution in [0, 0.1) is 6.92 Å².